The highest BCUT2D eigenvalue weighted by atomic mass is 19.1. The lowest BCUT2D eigenvalue weighted by atomic mass is 10.1. The Morgan fingerprint density at radius 1 is 1.41 bits per heavy atom. The fourth-order valence-corrected chi connectivity index (χ4v) is 4.18. The molecule has 0 saturated carbocycles. The molecule has 3 aromatic heterocycles. The SMILES string of the molecule is COCC(C)n1c(=O)c2c(-c3noc(C4CCOC4)n3)ncn2c2ccc(F)c(C#N)c21. The number of rotatable bonds is 5. The molecule has 0 radical (unpaired) electrons. The Balaban J connectivity index is 1.80. The second-order valence-corrected chi connectivity index (χ2v) is 7.71. The largest absolute Gasteiger partial charge is 0.383 e. The number of benzene rings is 1. The summed E-state index contributed by atoms with van der Waals surface area (Å²) in [7, 11) is 1.51. The monoisotopic (exact) mass is 438 g/mol. The number of ether oxygens (including phenoxy) is 2. The molecule has 4 aromatic rings. The maximum Gasteiger partial charge on any atom is 0.278 e. The molecule has 0 spiro atoms. The number of hydrogen-bond donors (Lipinski definition) is 0. The van der Waals surface area contributed by atoms with E-state index in [2.05, 4.69) is 15.1 Å². The topological polar surface area (TPSA) is 120 Å². The molecule has 2 atom stereocenters. The second-order valence-electron chi connectivity index (χ2n) is 7.71. The van der Waals surface area contributed by atoms with Crippen molar-refractivity contribution in [1.29, 1.82) is 5.26 Å². The highest BCUT2D eigenvalue weighted by Crippen LogP contribution is 2.29. The average molecular weight is 438 g/mol. The van der Waals surface area contributed by atoms with Crippen molar-refractivity contribution in [2.24, 2.45) is 0 Å². The van der Waals surface area contributed by atoms with Gasteiger partial charge in [0.15, 0.2) is 0 Å². The molecule has 0 aliphatic carbocycles. The van der Waals surface area contributed by atoms with E-state index in [1.165, 1.54) is 34.5 Å². The Kier molecular flexibility index (Phi) is 4.96. The molecule has 164 valence electrons. The summed E-state index contributed by atoms with van der Waals surface area (Å²) in [6.07, 6.45) is 2.22. The van der Waals surface area contributed by atoms with E-state index in [9.17, 15) is 14.4 Å². The molecule has 0 bridgehead atoms. The van der Waals surface area contributed by atoms with Crippen molar-refractivity contribution in [1.82, 2.24) is 24.1 Å². The number of nitriles is 1. The van der Waals surface area contributed by atoms with Crippen LogP contribution in [0.2, 0.25) is 0 Å². The van der Waals surface area contributed by atoms with Crippen LogP contribution in [0.15, 0.2) is 27.8 Å². The molecule has 2 unspecified atom stereocenters. The van der Waals surface area contributed by atoms with Gasteiger partial charge in [0.1, 0.15) is 35.0 Å². The Labute approximate surface area is 180 Å². The summed E-state index contributed by atoms with van der Waals surface area (Å²) < 4.78 is 33.4. The zero-order chi connectivity index (χ0) is 22.4. The summed E-state index contributed by atoms with van der Waals surface area (Å²) in [6.45, 7) is 3.07. The number of hydrogen-bond acceptors (Lipinski definition) is 8. The summed E-state index contributed by atoms with van der Waals surface area (Å²) in [5, 5.41) is 13.6. The van der Waals surface area contributed by atoms with Gasteiger partial charge in [0.05, 0.1) is 36.2 Å². The van der Waals surface area contributed by atoms with Gasteiger partial charge in [0, 0.05) is 13.7 Å². The minimum absolute atomic E-state index is 0.00510. The lowest BCUT2D eigenvalue weighted by Crippen LogP contribution is -2.28. The first-order valence-corrected chi connectivity index (χ1v) is 10.1. The van der Waals surface area contributed by atoms with Gasteiger partial charge in [-0.1, -0.05) is 5.16 Å². The predicted molar refractivity (Wildman–Crippen MR) is 110 cm³/mol. The van der Waals surface area contributed by atoms with Crippen molar-refractivity contribution < 1.29 is 18.4 Å². The van der Waals surface area contributed by atoms with Crippen molar-refractivity contribution in [2.75, 3.05) is 26.9 Å². The number of imidazole rings is 1. The lowest BCUT2D eigenvalue weighted by molar-refractivity contribution is 0.162. The summed E-state index contributed by atoms with van der Waals surface area (Å²) in [4.78, 5) is 22.5. The van der Waals surface area contributed by atoms with E-state index >= 15 is 0 Å². The van der Waals surface area contributed by atoms with E-state index in [1.807, 2.05) is 6.07 Å². The van der Waals surface area contributed by atoms with Crippen LogP contribution in [-0.4, -0.2) is 51.0 Å². The standard InChI is InChI=1S/C21H19FN6O4/c1-11(8-30-2)28-17-13(7-23)14(22)3-4-15(17)27-10-24-16(18(27)21(28)29)19-25-20(32-26-19)12-5-6-31-9-12/h3-4,10-12H,5-6,8-9H2,1-2H3. The van der Waals surface area contributed by atoms with E-state index in [0.717, 1.165) is 6.42 Å². The molecule has 1 aliphatic rings. The lowest BCUT2D eigenvalue weighted by Gasteiger charge is -2.19. The Hall–Kier alpha value is -3.62. The molecule has 1 aliphatic heterocycles. The van der Waals surface area contributed by atoms with Gasteiger partial charge in [0.25, 0.3) is 5.56 Å². The van der Waals surface area contributed by atoms with Crippen LogP contribution >= 0.6 is 0 Å². The van der Waals surface area contributed by atoms with E-state index in [4.69, 9.17) is 14.0 Å². The average Bonchev–Trinajstić information content (AvgIpc) is 3.53. The maximum absolute atomic E-state index is 14.5. The molecule has 10 nitrogen and oxygen atoms in total. The van der Waals surface area contributed by atoms with E-state index in [1.54, 1.807) is 6.92 Å². The number of aromatic nitrogens is 5. The quantitative estimate of drug-likeness (QED) is 0.466. The van der Waals surface area contributed by atoms with E-state index in [0.29, 0.717) is 24.6 Å². The summed E-state index contributed by atoms with van der Waals surface area (Å²) in [6, 6.07) is 4.11. The van der Waals surface area contributed by atoms with Gasteiger partial charge in [-0.3, -0.25) is 13.8 Å². The molecule has 1 fully saturated rings. The molecule has 0 N–H and O–H groups in total. The van der Waals surface area contributed by atoms with Crippen LogP contribution < -0.4 is 5.56 Å². The normalized spacial score (nSPS) is 17.2. The summed E-state index contributed by atoms with van der Waals surface area (Å²) in [5.74, 6) is -0.0923. The number of halogens is 1. The zero-order valence-electron chi connectivity index (χ0n) is 17.4. The van der Waals surface area contributed by atoms with Crippen LogP contribution in [0.5, 0.6) is 0 Å². The highest BCUT2D eigenvalue weighted by molar-refractivity contribution is 5.87. The molecule has 32 heavy (non-hydrogen) atoms. The van der Waals surface area contributed by atoms with Gasteiger partial charge in [-0.15, -0.1) is 0 Å². The molecule has 1 saturated heterocycles. The van der Waals surface area contributed by atoms with Crippen molar-refractivity contribution >= 4 is 16.6 Å². The van der Waals surface area contributed by atoms with Crippen LogP contribution in [0.3, 0.4) is 0 Å². The number of methoxy groups -OCH3 is 1. The fraction of sp³-hybridized carbons (Fsp3) is 0.381. The Morgan fingerprint density at radius 3 is 2.97 bits per heavy atom. The Bertz CT molecular complexity index is 1430. The molecule has 1 aromatic carbocycles. The van der Waals surface area contributed by atoms with Gasteiger partial charge in [-0.05, 0) is 25.5 Å². The molecule has 5 rings (SSSR count). The molecule has 0 amide bonds. The number of nitrogens with zero attached hydrogens (tertiary/aromatic N) is 6. The molecular weight excluding hydrogens is 419 g/mol. The third-order valence-electron chi connectivity index (χ3n) is 5.69. The van der Waals surface area contributed by atoms with Crippen LogP contribution in [0, 0.1) is 17.1 Å². The Morgan fingerprint density at radius 2 is 2.25 bits per heavy atom. The first-order chi connectivity index (χ1) is 15.5. The van der Waals surface area contributed by atoms with Crippen LogP contribution in [-0.2, 0) is 9.47 Å². The molecular formula is C21H19FN6O4. The first-order valence-electron chi connectivity index (χ1n) is 10.1. The van der Waals surface area contributed by atoms with Gasteiger partial charge >= 0.3 is 0 Å². The van der Waals surface area contributed by atoms with Crippen LogP contribution in [0.1, 0.15) is 36.8 Å². The minimum atomic E-state index is -0.709. The smallest absolute Gasteiger partial charge is 0.278 e. The third-order valence-corrected chi connectivity index (χ3v) is 5.69. The molecule has 4 heterocycles. The predicted octanol–water partition coefficient (Wildman–Crippen LogP) is 2.42. The first kappa shape index (κ1) is 20.3. The summed E-state index contributed by atoms with van der Waals surface area (Å²) >= 11 is 0. The van der Waals surface area contributed by atoms with Crippen molar-refractivity contribution in [2.45, 2.75) is 25.3 Å². The van der Waals surface area contributed by atoms with Gasteiger partial charge in [-0.2, -0.15) is 10.2 Å². The van der Waals surface area contributed by atoms with Crippen LogP contribution in [0.4, 0.5) is 4.39 Å². The van der Waals surface area contributed by atoms with Crippen LogP contribution in [0.25, 0.3) is 28.1 Å². The van der Waals surface area contributed by atoms with Gasteiger partial charge in [0.2, 0.25) is 11.7 Å². The van der Waals surface area contributed by atoms with Gasteiger partial charge < -0.3 is 14.0 Å². The molecule has 11 heteroatoms. The minimum Gasteiger partial charge on any atom is -0.383 e. The maximum atomic E-state index is 14.5. The third kappa shape index (κ3) is 2.99. The zero-order valence-corrected chi connectivity index (χ0v) is 17.4. The van der Waals surface area contributed by atoms with E-state index in [-0.39, 0.29) is 40.6 Å². The second kappa shape index (κ2) is 7.81. The van der Waals surface area contributed by atoms with Crippen molar-refractivity contribution in [3.8, 4) is 17.6 Å². The van der Waals surface area contributed by atoms with Crippen molar-refractivity contribution in [3.05, 3.63) is 46.1 Å². The van der Waals surface area contributed by atoms with Crippen molar-refractivity contribution in [3.63, 3.8) is 0 Å². The van der Waals surface area contributed by atoms with E-state index < -0.39 is 17.4 Å². The van der Waals surface area contributed by atoms with Gasteiger partial charge in [-0.25, -0.2) is 9.37 Å². The highest BCUT2D eigenvalue weighted by Gasteiger charge is 2.28. The fourth-order valence-electron chi connectivity index (χ4n) is 4.18. The number of fused-ring (bicyclic) bond motifs is 3. The summed E-state index contributed by atoms with van der Waals surface area (Å²) in [5.41, 5.74) is 0.385.